The van der Waals surface area contributed by atoms with Crippen LogP contribution < -0.4 is 5.32 Å². The second kappa shape index (κ2) is 14.0. The quantitative estimate of drug-likeness (QED) is 0.387. The van der Waals surface area contributed by atoms with E-state index in [0.717, 1.165) is 41.9 Å². The van der Waals surface area contributed by atoms with Crippen LogP contribution in [0.5, 0.6) is 0 Å². The minimum absolute atomic E-state index is 0.0270. The molecule has 2 fully saturated rings. The summed E-state index contributed by atoms with van der Waals surface area (Å²) in [6, 6.07) is 19.7. The summed E-state index contributed by atoms with van der Waals surface area (Å²) in [6.07, 6.45) is 9.07. The van der Waals surface area contributed by atoms with E-state index < -0.39 is 6.29 Å². The van der Waals surface area contributed by atoms with E-state index in [1.54, 1.807) is 24.5 Å². The molecule has 2 aliphatic rings. The van der Waals surface area contributed by atoms with Crippen LogP contribution in [0.1, 0.15) is 84.0 Å². The Kier molecular flexibility index (Phi) is 9.95. The summed E-state index contributed by atoms with van der Waals surface area (Å²) >= 11 is 0. The van der Waals surface area contributed by atoms with E-state index in [1.165, 1.54) is 32.1 Å². The fourth-order valence-corrected chi connectivity index (χ4v) is 5.65. The number of benzene rings is 2. The molecule has 1 aromatic heterocycles. The molecule has 212 valence electrons. The number of ether oxygens (including phenoxy) is 2. The van der Waals surface area contributed by atoms with Crippen molar-refractivity contribution in [1.82, 2.24) is 15.2 Å². The Morgan fingerprint density at radius 1 is 0.925 bits per heavy atom. The van der Waals surface area contributed by atoms with Crippen LogP contribution in [0.15, 0.2) is 73.1 Å². The van der Waals surface area contributed by atoms with Gasteiger partial charge in [0.1, 0.15) is 0 Å². The topological polar surface area (TPSA) is 83.9 Å². The number of nitrogens with one attached hydrogen (secondary N) is 1. The van der Waals surface area contributed by atoms with Crippen molar-refractivity contribution < 1.29 is 19.4 Å². The third kappa shape index (κ3) is 7.34. The number of hydrogen-bond acceptors (Lipinski definition) is 6. The SMILES string of the molecule is C[C@H]1[C@@H](CN2CCCCCCC2)O[C@@H](c2ccc(CNC(=O)c3cccnc3)cc2)O[C@H]1c1ccc(CO)cc1. The first-order valence-corrected chi connectivity index (χ1v) is 14.6. The van der Waals surface area contributed by atoms with Gasteiger partial charge < -0.3 is 24.8 Å². The minimum atomic E-state index is -0.488. The average Bonchev–Trinajstić information content (AvgIpc) is 2.99. The highest BCUT2D eigenvalue weighted by atomic mass is 16.7. The molecule has 3 aromatic rings. The lowest BCUT2D eigenvalue weighted by Gasteiger charge is -2.43. The van der Waals surface area contributed by atoms with E-state index in [1.807, 2.05) is 36.4 Å². The Bertz CT molecular complexity index is 1190. The molecule has 7 heteroatoms. The van der Waals surface area contributed by atoms with E-state index in [4.69, 9.17) is 9.47 Å². The van der Waals surface area contributed by atoms with Crippen molar-refractivity contribution in [2.75, 3.05) is 19.6 Å². The van der Waals surface area contributed by atoms with Crippen LogP contribution in [0.3, 0.4) is 0 Å². The van der Waals surface area contributed by atoms with Crippen LogP contribution in [0.4, 0.5) is 0 Å². The second-order valence-electron chi connectivity index (χ2n) is 11.1. The van der Waals surface area contributed by atoms with Gasteiger partial charge in [0.15, 0.2) is 6.29 Å². The number of aliphatic hydroxyl groups is 1. The number of pyridine rings is 1. The lowest BCUT2D eigenvalue weighted by Crippen LogP contribution is -2.45. The monoisotopic (exact) mass is 543 g/mol. The van der Waals surface area contributed by atoms with Gasteiger partial charge in [0, 0.05) is 37.0 Å². The standard InChI is InChI=1S/C33H41N3O4/c1-24-30(22-36-18-5-3-2-4-6-19-36)39-33(40-31(24)27-13-11-26(23-37)12-14-27)28-15-9-25(10-16-28)20-35-32(38)29-8-7-17-34-21-29/h7-17,21,24,30-31,33,37H,2-6,18-20,22-23H2,1H3,(H,35,38)/t24-,30+,31+,33+/m0/s1. The van der Waals surface area contributed by atoms with Crippen molar-refractivity contribution in [3.05, 3.63) is 101 Å². The van der Waals surface area contributed by atoms with Crippen LogP contribution in [0.2, 0.25) is 0 Å². The molecule has 2 aliphatic heterocycles. The van der Waals surface area contributed by atoms with Gasteiger partial charge in [-0.25, -0.2) is 0 Å². The molecule has 2 saturated heterocycles. The Morgan fingerprint density at radius 2 is 1.60 bits per heavy atom. The summed E-state index contributed by atoms with van der Waals surface area (Å²) in [5.41, 5.74) is 4.50. The smallest absolute Gasteiger partial charge is 0.253 e. The zero-order chi connectivity index (χ0) is 27.7. The summed E-state index contributed by atoms with van der Waals surface area (Å²) in [6.45, 7) is 5.81. The first-order valence-electron chi connectivity index (χ1n) is 14.6. The van der Waals surface area contributed by atoms with E-state index in [9.17, 15) is 9.90 Å². The van der Waals surface area contributed by atoms with E-state index in [-0.39, 0.29) is 30.6 Å². The first kappa shape index (κ1) is 28.4. The molecule has 7 nitrogen and oxygen atoms in total. The number of aromatic nitrogens is 1. The van der Waals surface area contributed by atoms with Crippen molar-refractivity contribution in [2.24, 2.45) is 5.92 Å². The molecule has 5 rings (SSSR count). The van der Waals surface area contributed by atoms with Gasteiger partial charge in [-0.05, 0) is 54.8 Å². The minimum Gasteiger partial charge on any atom is -0.392 e. The predicted octanol–water partition coefficient (Wildman–Crippen LogP) is 5.56. The Labute approximate surface area is 237 Å². The van der Waals surface area contributed by atoms with Crippen LogP contribution in [-0.2, 0) is 22.6 Å². The van der Waals surface area contributed by atoms with Gasteiger partial charge in [0.05, 0.1) is 24.4 Å². The molecule has 3 heterocycles. The highest BCUT2D eigenvalue weighted by Gasteiger charge is 2.39. The molecule has 0 spiro atoms. The van der Waals surface area contributed by atoms with Crippen molar-refractivity contribution in [3.8, 4) is 0 Å². The zero-order valence-electron chi connectivity index (χ0n) is 23.4. The van der Waals surface area contributed by atoms with Crippen molar-refractivity contribution >= 4 is 5.91 Å². The van der Waals surface area contributed by atoms with E-state index >= 15 is 0 Å². The van der Waals surface area contributed by atoms with Crippen LogP contribution in [0.25, 0.3) is 0 Å². The molecule has 0 aliphatic carbocycles. The van der Waals surface area contributed by atoms with Gasteiger partial charge in [-0.2, -0.15) is 0 Å². The molecule has 2 aromatic carbocycles. The number of amides is 1. The molecule has 2 N–H and O–H groups in total. The third-order valence-corrected chi connectivity index (χ3v) is 8.14. The molecule has 0 bridgehead atoms. The number of likely N-dealkylation sites (tertiary alicyclic amines) is 1. The summed E-state index contributed by atoms with van der Waals surface area (Å²) in [5, 5.41) is 12.5. The lowest BCUT2D eigenvalue weighted by molar-refractivity contribution is -0.276. The molecule has 0 saturated carbocycles. The summed E-state index contributed by atoms with van der Waals surface area (Å²) < 4.78 is 13.3. The van der Waals surface area contributed by atoms with Gasteiger partial charge in [-0.15, -0.1) is 0 Å². The Hall–Kier alpha value is -3.10. The van der Waals surface area contributed by atoms with Gasteiger partial charge in [0.25, 0.3) is 5.91 Å². The second-order valence-corrected chi connectivity index (χ2v) is 11.1. The fraction of sp³-hybridized carbons (Fsp3) is 0.455. The Morgan fingerprint density at radius 3 is 2.27 bits per heavy atom. The summed E-state index contributed by atoms with van der Waals surface area (Å²) in [4.78, 5) is 19.0. The highest BCUT2D eigenvalue weighted by Crippen LogP contribution is 2.42. The van der Waals surface area contributed by atoms with Crippen LogP contribution >= 0.6 is 0 Å². The van der Waals surface area contributed by atoms with Gasteiger partial charge in [0.2, 0.25) is 0 Å². The predicted molar refractivity (Wildman–Crippen MR) is 154 cm³/mol. The molecule has 40 heavy (non-hydrogen) atoms. The van der Waals surface area contributed by atoms with Gasteiger partial charge in [-0.1, -0.05) is 74.7 Å². The van der Waals surface area contributed by atoms with Crippen molar-refractivity contribution in [2.45, 2.75) is 70.7 Å². The van der Waals surface area contributed by atoms with E-state index in [0.29, 0.717) is 12.1 Å². The molecule has 1 amide bonds. The van der Waals surface area contributed by atoms with Gasteiger partial charge in [-0.3, -0.25) is 9.78 Å². The maximum atomic E-state index is 12.4. The van der Waals surface area contributed by atoms with Crippen molar-refractivity contribution in [3.63, 3.8) is 0 Å². The van der Waals surface area contributed by atoms with Gasteiger partial charge >= 0.3 is 0 Å². The number of carbonyl (C=O) groups excluding carboxylic acids is 1. The third-order valence-electron chi connectivity index (χ3n) is 8.14. The molecule has 4 atom stereocenters. The highest BCUT2D eigenvalue weighted by molar-refractivity contribution is 5.93. The van der Waals surface area contributed by atoms with E-state index in [2.05, 4.69) is 34.3 Å². The summed E-state index contributed by atoms with van der Waals surface area (Å²) in [7, 11) is 0. The lowest BCUT2D eigenvalue weighted by atomic mass is 9.89. The maximum absolute atomic E-state index is 12.4. The Balaban J connectivity index is 1.30. The molecular weight excluding hydrogens is 502 g/mol. The number of carbonyl (C=O) groups is 1. The molecular formula is C33H41N3O4. The van der Waals surface area contributed by atoms with Crippen molar-refractivity contribution in [1.29, 1.82) is 0 Å². The first-order chi connectivity index (χ1) is 19.6. The normalized spacial score (nSPS) is 24.1. The number of rotatable bonds is 8. The number of aliphatic hydroxyl groups excluding tert-OH is 1. The summed E-state index contributed by atoms with van der Waals surface area (Å²) in [5.74, 6) is 0.0239. The van der Waals surface area contributed by atoms with Crippen LogP contribution in [-0.4, -0.2) is 46.6 Å². The van der Waals surface area contributed by atoms with Crippen LogP contribution in [0, 0.1) is 5.92 Å². The fourth-order valence-electron chi connectivity index (χ4n) is 5.65. The largest absolute Gasteiger partial charge is 0.392 e. The number of nitrogens with zero attached hydrogens (tertiary/aromatic N) is 2. The molecule has 0 radical (unpaired) electrons. The average molecular weight is 544 g/mol. The number of hydrogen-bond donors (Lipinski definition) is 2. The zero-order valence-corrected chi connectivity index (χ0v) is 23.4. The maximum Gasteiger partial charge on any atom is 0.253 e. The molecule has 0 unspecified atom stereocenters.